The number of aliphatic imine (C=N–C) groups is 2. The van der Waals surface area contributed by atoms with Crippen molar-refractivity contribution >= 4 is 22.6 Å². The highest BCUT2D eigenvalue weighted by Crippen LogP contribution is 2.31. The number of fused-ring (bicyclic) bond motifs is 4. The summed E-state index contributed by atoms with van der Waals surface area (Å²) in [5.74, 6) is 0. The van der Waals surface area contributed by atoms with E-state index in [-0.39, 0.29) is 0 Å². The summed E-state index contributed by atoms with van der Waals surface area (Å²) in [6.07, 6.45) is 33.5. The van der Waals surface area contributed by atoms with E-state index in [1.54, 1.807) is 18.5 Å². The summed E-state index contributed by atoms with van der Waals surface area (Å²) in [5, 5.41) is 12.0. The van der Waals surface area contributed by atoms with Crippen molar-refractivity contribution in [2.75, 3.05) is 19.6 Å². The number of aromatic nitrogens is 1. The van der Waals surface area contributed by atoms with Crippen LogP contribution in [0.3, 0.4) is 0 Å². The highest BCUT2D eigenvalue weighted by Gasteiger charge is 2.23. The van der Waals surface area contributed by atoms with Crippen molar-refractivity contribution in [3.8, 4) is 0 Å². The zero-order valence-corrected chi connectivity index (χ0v) is 29.1. The minimum Gasteiger partial charge on any atom is -0.405 e. The molecule has 6 bridgehead atoms. The molecule has 0 amide bonds. The molecule has 5 aliphatic rings. The van der Waals surface area contributed by atoms with E-state index in [4.69, 9.17) is 21.5 Å². The standard InChI is InChI=1S/C39H40N8.C3H6/c1-4-26(12-18-40)37-25(3)44-24-30(28-14-20-42-21-15-28)31-6-7-33(45-31)38(27(5-2)13-19-41)34-10-11-36(47-34)39(29-16-22-43-23-17-29)35-9-8-32(37)46-35;1-3-2/h4-20,22,42-44,47H,3,21,23-24,40-41H2,1-2H3;3H,1H2,2H3/b18-12-,19-13-,26-4+,27-5+,31-30+,37-32+,38-34-,39-36-;. The van der Waals surface area contributed by atoms with E-state index in [2.05, 4.69) is 94.8 Å². The Kier molecular flexibility index (Phi) is 11.7. The van der Waals surface area contributed by atoms with Gasteiger partial charge in [0.2, 0.25) is 0 Å². The molecule has 1 aromatic heterocycles. The van der Waals surface area contributed by atoms with Crippen molar-refractivity contribution in [3.63, 3.8) is 0 Å². The number of dihydropyridines is 2. The predicted molar refractivity (Wildman–Crippen MR) is 212 cm³/mol. The van der Waals surface area contributed by atoms with Gasteiger partial charge in [-0.05, 0) is 129 Å². The van der Waals surface area contributed by atoms with Crippen molar-refractivity contribution in [1.29, 1.82) is 0 Å². The van der Waals surface area contributed by atoms with E-state index in [1.807, 2.05) is 57.5 Å². The van der Waals surface area contributed by atoms with Crippen molar-refractivity contribution in [2.45, 2.75) is 20.8 Å². The van der Waals surface area contributed by atoms with Crippen molar-refractivity contribution in [2.24, 2.45) is 21.5 Å². The molecule has 0 saturated carbocycles. The molecule has 8 N–H and O–H groups in total. The Morgan fingerprint density at radius 2 is 1.32 bits per heavy atom. The van der Waals surface area contributed by atoms with Gasteiger partial charge < -0.3 is 32.4 Å². The molecule has 6 rings (SSSR count). The second-order valence-electron chi connectivity index (χ2n) is 11.6. The van der Waals surface area contributed by atoms with Crippen LogP contribution in [0.25, 0.3) is 11.1 Å². The van der Waals surface area contributed by atoms with Gasteiger partial charge in [-0.25, -0.2) is 9.98 Å². The van der Waals surface area contributed by atoms with Crippen LogP contribution in [0.5, 0.6) is 0 Å². The van der Waals surface area contributed by atoms with Crippen LogP contribution in [0.1, 0.15) is 20.8 Å². The number of nitrogens with zero attached hydrogens (tertiary/aromatic N) is 2. The molecule has 5 aliphatic heterocycles. The monoisotopic (exact) mass is 662 g/mol. The first-order chi connectivity index (χ1) is 24.5. The van der Waals surface area contributed by atoms with Gasteiger partial charge in [0.15, 0.2) is 0 Å². The van der Waals surface area contributed by atoms with Crippen LogP contribution in [-0.2, 0) is 0 Å². The Bertz CT molecular complexity index is 2120. The van der Waals surface area contributed by atoms with Crippen LogP contribution in [0.2, 0.25) is 0 Å². The van der Waals surface area contributed by atoms with Gasteiger partial charge in [0.25, 0.3) is 0 Å². The smallest absolute Gasteiger partial charge is 0.0737 e. The summed E-state index contributed by atoms with van der Waals surface area (Å²) in [7, 11) is 0. The summed E-state index contributed by atoms with van der Waals surface area (Å²) < 4.78 is 0. The average molecular weight is 663 g/mol. The first-order valence-corrected chi connectivity index (χ1v) is 16.7. The fourth-order valence-corrected chi connectivity index (χ4v) is 6.15. The van der Waals surface area contributed by atoms with Crippen LogP contribution in [-0.4, -0.2) is 36.0 Å². The topological polar surface area (TPSA) is 129 Å². The molecule has 8 heteroatoms. The first-order valence-electron chi connectivity index (χ1n) is 16.7. The predicted octanol–water partition coefficient (Wildman–Crippen LogP) is 5.08. The maximum atomic E-state index is 5.94. The lowest BCUT2D eigenvalue weighted by Crippen LogP contribution is -2.23. The van der Waals surface area contributed by atoms with Gasteiger partial charge in [-0.1, -0.05) is 37.0 Å². The molecule has 0 radical (unpaired) electrons. The molecule has 0 atom stereocenters. The molecule has 0 saturated heterocycles. The molecular formula is C42H46N8. The summed E-state index contributed by atoms with van der Waals surface area (Å²) in [6.45, 7) is 15.7. The molecule has 254 valence electrons. The van der Waals surface area contributed by atoms with E-state index in [0.29, 0.717) is 6.54 Å². The summed E-state index contributed by atoms with van der Waals surface area (Å²) >= 11 is 0. The number of nitrogens with one attached hydrogen (secondary N) is 4. The number of allylic oxidation sites excluding steroid dienone is 14. The normalized spacial score (nSPS) is 24.3. The van der Waals surface area contributed by atoms with Crippen LogP contribution < -0.4 is 38.1 Å². The molecule has 8 nitrogen and oxygen atoms in total. The molecule has 1 aromatic rings. The highest BCUT2D eigenvalue weighted by atomic mass is 14.9. The van der Waals surface area contributed by atoms with Crippen molar-refractivity contribution in [3.05, 3.63) is 190 Å². The number of H-pyrrole nitrogens is 1. The van der Waals surface area contributed by atoms with E-state index in [9.17, 15) is 0 Å². The molecule has 0 aromatic carbocycles. The summed E-state index contributed by atoms with van der Waals surface area (Å²) in [5.41, 5.74) is 23.9. The minimum absolute atomic E-state index is 0.495. The molecule has 0 unspecified atom stereocenters. The van der Waals surface area contributed by atoms with Crippen LogP contribution in [0.15, 0.2) is 190 Å². The van der Waals surface area contributed by atoms with Gasteiger partial charge in [0, 0.05) is 58.3 Å². The Hall–Kier alpha value is -6.28. The third-order valence-corrected chi connectivity index (χ3v) is 8.39. The maximum Gasteiger partial charge on any atom is 0.0737 e. The van der Waals surface area contributed by atoms with Crippen LogP contribution in [0.4, 0.5) is 0 Å². The van der Waals surface area contributed by atoms with Gasteiger partial charge >= 0.3 is 0 Å². The third-order valence-electron chi connectivity index (χ3n) is 8.39. The minimum atomic E-state index is 0.495. The highest BCUT2D eigenvalue weighted by molar-refractivity contribution is 6.31. The number of hydrogen-bond acceptors (Lipinski definition) is 7. The van der Waals surface area contributed by atoms with Gasteiger partial charge in [0.05, 0.1) is 22.8 Å². The van der Waals surface area contributed by atoms with Crippen molar-refractivity contribution < 1.29 is 0 Å². The molecule has 0 fully saturated rings. The van der Waals surface area contributed by atoms with E-state index >= 15 is 0 Å². The van der Waals surface area contributed by atoms with Crippen LogP contribution >= 0.6 is 0 Å². The molecule has 0 aliphatic carbocycles. The fraction of sp³-hybridized carbons (Fsp3) is 0.143. The third kappa shape index (κ3) is 7.55. The number of hydrogen-bond donors (Lipinski definition) is 6. The van der Waals surface area contributed by atoms with Crippen LogP contribution in [0, 0.1) is 0 Å². The zero-order valence-electron chi connectivity index (χ0n) is 29.1. The number of aromatic amines is 1. The second-order valence-corrected chi connectivity index (χ2v) is 11.6. The SMILES string of the molecule is C=C1NC/C(C2=CCNC=C2)=C2/C=CC(=N2)C(/C(/C=C\N)=C/C)=c2/cc/c([nH]2)=C(\C2=CCNC=C2)C2=N/C(=C1/C(/C=C\N)=C/C)C=C2.C=CC. The van der Waals surface area contributed by atoms with E-state index in [0.717, 1.165) is 96.9 Å². The molecule has 50 heavy (non-hydrogen) atoms. The lowest BCUT2D eigenvalue weighted by molar-refractivity contribution is 0.874. The quantitative estimate of drug-likeness (QED) is 0.187. The first kappa shape index (κ1) is 35.0. The number of nitrogens with two attached hydrogens (primary N) is 2. The summed E-state index contributed by atoms with van der Waals surface area (Å²) in [6, 6.07) is 4.22. The lowest BCUT2D eigenvalue weighted by Gasteiger charge is -2.19. The molecule has 6 heterocycles. The van der Waals surface area contributed by atoms with Gasteiger partial charge in [0.1, 0.15) is 0 Å². The maximum absolute atomic E-state index is 5.94. The Morgan fingerprint density at radius 3 is 1.94 bits per heavy atom. The number of rotatable bonds is 6. The lowest BCUT2D eigenvalue weighted by atomic mass is 9.98. The van der Waals surface area contributed by atoms with Gasteiger partial charge in [-0.15, -0.1) is 6.58 Å². The average Bonchev–Trinajstić information content (AvgIpc) is 3.92. The van der Waals surface area contributed by atoms with Crippen molar-refractivity contribution in [1.82, 2.24) is 20.9 Å². The van der Waals surface area contributed by atoms with E-state index < -0.39 is 0 Å². The van der Waals surface area contributed by atoms with Gasteiger partial charge in [-0.3, -0.25) is 0 Å². The Balaban J connectivity index is 0.00000156. The van der Waals surface area contributed by atoms with Gasteiger partial charge in [-0.2, -0.15) is 0 Å². The summed E-state index contributed by atoms with van der Waals surface area (Å²) in [4.78, 5) is 14.2. The Morgan fingerprint density at radius 1 is 0.740 bits per heavy atom. The Labute approximate surface area is 295 Å². The molecule has 0 spiro atoms. The second kappa shape index (κ2) is 16.7. The largest absolute Gasteiger partial charge is 0.405 e. The fourth-order valence-electron chi connectivity index (χ4n) is 6.15. The van der Waals surface area contributed by atoms with E-state index in [1.165, 1.54) is 0 Å². The zero-order chi connectivity index (χ0) is 35.5. The molecular weight excluding hydrogens is 617 g/mol.